The molecule has 0 fully saturated rings. The quantitative estimate of drug-likeness (QED) is 0.864. The summed E-state index contributed by atoms with van der Waals surface area (Å²) in [5, 5.41) is 5.03. The van der Waals surface area contributed by atoms with Crippen LogP contribution in [0.3, 0.4) is 0 Å². The first-order valence-electron chi connectivity index (χ1n) is 6.01. The molecule has 0 bridgehead atoms. The average Bonchev–Trinajstić information content (AvgIpc) is 2.45. The van der Waals surface area contributed by atoms with E-state index in [0.29, 0.717) is 5.56 Å². The third-order valence-electron chi connectivity index (χ3n) is 2.77. The maximum Gasteiger partial charge on any atom is 0.340 e. The molecule has 0 amide bonds. The normalized spacial score (nSPS) is 11.2. The molecule has 8 heteroatoms. The van der Waals surface area contributed by atoms with Crippen LogP contribution in [0, 0.1) is 5.82 Å². The highest BCUT2D eigenvalue weighted by Gasteiger charge is 2.17. The first-order chi connectivity index (χ1) is 10.3. The number of primary sulfonamides is 1. The van der Waals surface area contributed by atoms with Gasteiger partial charge in [-0.15, -0.1) is 0 Å². The second-order valence-corrected chi connectivity index (χ2v) is 6.36. The van der Waals surface area contributed by atoms with Crippen molar-refractivity contribution in [1.29, 1.82) is 0 Å². The Hall–Kier alpha value is -1.96. The van der Waals surface area contributed by atoms with E-state index in [9.17, 15) is 17.6 Å². The summed E-state index contributed by atoms with van der Waals surface area (Å²) in [4.78, 5) is 11.7. The molecule has 2 N–H and O–H groups in total. The summed E-state index contributed by atoms with van der Waals surface area (Å²) in [6, 6.07) is 8.88. The van der Waals surface area contributed by atoms with Gasteiger partial charge in [-0.2, -0.15) is 0 Å². The molecule has 116 valence electrons. The lowest BCUT2D eigenvalue weighted by Crippen LogP contribution is -2.14. The molecular weight excluding hydrogens is 333 g/mol. The lowest BCUT2D eigenvalue weighted by molar-refractivity contribution is 0.0472. The SMILES string of the molecule is NS(=O)(=O)c1ccc(Cl)c(C(=O)OCc2ccc(F)cc2)c1. The molecule has 0 aliphatic carbocycles. The smallest absolute Gasteiger partial charge is 0.340 e. The third kappa shape index (κ3) is 4.03. The minimum atomic E-state index is -3.96. The van der Waals surface area contributed by atoms with E-state index in [2.05, 4.69) is 0 Å². The molecule has 2 aromatic rings. The zero-order valence-electron chi connectivity index (χ0n) is 11.1. The van der Waals surface area contributed by atoms with Crippen molar-refractivity contribution in [2.45, 2.75) is 11.5 Å². The predicted molar refractivity (Wildman–Crippen MR) is 78.3 cm³/mol. The highest BCUT2D eigenvalue weighted by Crippen LogP contribution is 2.21. The van der Waals surface area contributed by atoms with Crippen molar-refractivity contribution in [2.75, 3.05) is 0 Å². The standard InChI is InChI=1S/C14H11ClFNO4S/c15-13-6-5-11(22(17,19)20)7-12(13)14(18)21-8-9-1-3-10(16)4-2-9/h1-7H,8H2,(H2,17,19,20). The number of nitrogens with two attached hydrogens (primary N) is 1. The Morgan fingerprint density at radius 1 is 1.18 bits per heavy atom. The highest BCUT2D eigenvalue weighted by atomic mass is 35.5. The molecule has 0 aliphatic rings. The fourth-order valence-electron chi connectivity index (χ4n) is 1.65. The molecule has 0 saturated carbocycles. The van der Waals surface area contributed by atoms with E-state index in [0.717, 1.165) is 6.07 Å². The van der Waals surface area contributed by atoms with Crippen LogP contribution in [0.15, 0.2) is 47.4 Å². The van der Waals surface area contributed by atoms with Crippen molar-refractivity contribution in [3.63, 3.8) is 0 Å². The van der Waals surface area contributed by atoms with Crippen LogP contribution in [-0.4, -0.2) is 14.4 Å². The molecule has 2 aromatic carbocycles. The van der Waals surface area contributed by atoms with Crippen LogP contribution in [0.2, 0.25) is 5.02 Å². The number of benzene rings is 2. The Kier molecular flexibility index (Phi) is 4.80. The van der Waals surface area contributed by atoms with Crippen LogP contribution in [0.1, 0.15) is 15.9 Å². The molecule has 5 nitrogen and oxygen atoms in total. The van der Waals surface area contributed by atoms with Gasteiger partial charge in [0.2, 0.25) is 10.0 Å². The zero-order chi connectivity index (χ0) is 16.3. The Bertz CT molecular complexity index is 806. The van der Waals surface area contributed by atoms with Gasteiger partial charge in [0.1, 0.15) is 12.4 Å². The van der Waals surface area contributed by atoms with Crippen molar-refractivity contribution in [3.05, 3.63) is 64.4 Å². The number of hydrogen-bond acceptors (Lipinski definition) is 4. The second-order valence-electron chi connectivity index (χ2n) is 4.39. The van der Waals surface area contributed by atoms with Gasteiger partial charge < -0.3 is 4.74 Å². The fraction of sp³-hybridized carbons (Fsp3) is 0.0714. The summed E-state index contributed by atoms with van der Waals surface area (Å²) >= 11 is 5.86. The number of hydrogen-bond donors (Lipinski definition) is 1. The summed E-state index contributed by atoms with van der Waals surface area (Å²) in [6.07, 6.45) is 0. The van der Waals surface area contributed by atoms with E-state index in [1.807, 2.05) is 0 Å². The number of carbonyl (C=O) groups is 1. The van der Waals surface area contributed by atoms with Crippen molar-refractivity contribution in [3.8, 4) is 0 Å². The topological polar surface area (TPSA) is 86.5 Å². The largest absolute Gasteiger partial charge is 0.457 e. The van der Waals surface area contributed by atoms with Crippen molar-refractivity contribution in [2.24, 2.45) is 5.14 Å². The van der Waals surface area contributed by atoms with E-state index < -0.39 is 21.8 Å². The number of esters is 1. The van der Waals surface area contributed by atoms with Crippen molar-refractivity contribution < 1.29 is 22.3 Å². The van der Waals surface area contributed by atoms with Crippen LogP contribution >= 0.6 is 11.6 Å². The van der Waals surface area contributed by atoms with Gasteiger partial charge >= 0.3 is 5.97 Å². The minimum Gasteiger partial charge on any atom is -0.457 e. The molecule has 0 aromatic heterocycles. The molecule has 0 atom stereocenters. The minimum absolute atomic E-state index is 0.0384. The molecule has 0 radical (unpaired) electrons. The molecule has 0 saturated heterocycles. The van der Waals surface area contributed by atoms with Gasteiger partial charge in [-0.25, -0.2) is 22.7 Å². The molecular formula is C14H11ClFNO4S. The zero-order valence-corrected chi connectivity index (χ0v) is 12.7. The summed E-state index contributed by atoms with van der Waals surface area (Å²) in [7, 11) is -3.96. The number of rotatable bonds is 4. The Morgan fingerprint density at radius 3 is 2.41 bits per heavy atom. The fourth-order valence-corrected chi connectivity index (χ4v) is 2.38. The maximum atomic E-state index is 12.8. The summed E-state index contributed by atoms with van der Waals surface area (Å²) < 4.78 is 40.3. The van der Waals surface area contributed by atoms with Gasteiger partial charge in [0, 0.05) is 0 Å². The van der Waals surface area contributed by atoms with Crippen LogP contribution in [0.5, 0.6) is 0 Å². The third-order valence-corrected chi connectivity index (χ3v) is 4.01. The number of ether oxygens (including phenoxy) is 1. The van der Waals surface area contributed by atoms with Crippen LogP contribution < -0.4 is 5.14 Å². The molecule has 0 unspecified atom stereocenters. The second kappa shape index (κ2) is 6.43. The maximum absolute atomic E-state index is 12.8. The summed E-state index contributed by atoms with van der Waals surface area (Å²) in [5.41, 5.74) is 0.462. The summed E-state index contributed by atoms with van der Waals surface area (Å²) in [5.74, 6) is -1.21. The predicted octanol–water partition coefficient (Wildman–Crippen LogP) is 2.48. The number of carbonyl (C=O) groups excluding carboxylic acids is 1. The molecule has 22 heavy (non-hydrogen) atoms. The van der Waals surface area contributed by atoms with Crippen LogP contribution in [0.25, 0.3) is 0 Å². The van der Waals surface area contributed by atoms with Gasteiger partial charge in [0.15, 0.2) is 0 Å². The van der Waals surface area contributed by atoms with E-state index >= 15 is 0 Å². The van der Waals surface area contributed by atoms with Crippen LogP contribution in [-0.2, 0) is 21.4 Å². The molecule has 0 spiro atoms. The lowest BCUT2D eigenvalue weighted by Gasteiger charge is -2.08. The Labute approximate surface area is 131 Å². The average molecular weight is 344 g/mol. The van der Waals surface area contributed by atoms with Gasteiger partial charge in [-0.3, -0.25) is 0 Å². The van der Waals surface area contributed by atoms with Crippen molar-refractivity contribution in [1.82, 2.24) is 0 Å². The van der Waals surface area contributed by atoms with Crippen molar-refractivity contribution >= 4 is 27.6 Å². The number of halogens is 2. The molecule has 0 heterocycles. The van der Waals surface area contributed by atoms with Gasteiger partial charge in [0.05, 0.1) is 15.5 Å². The first-order valence-corrected chi connectivity index (χ1v) is 7.94. The molecule has 2 rings (SSSR count). The Morgan fingerprint density at radius 2 is 1.82 bits per heavy atom. The van der Waals surface area contributed by atoms with E-state index in [1.165, 1.54) is 36.4 Å². The van der Waals surface area contributed by atoms with Gasteiger partial charge in [-0.05, 0) is 35.9 Å². The molecule has 0 aliphatic heterocycles. The number of sulfonamides is 1. The van der Waals surface area contributed by atoms with E-state index in [-0.39, 0.29) is 22.1 Å². The van der Waals surface area contributed by atoms with Gasteiger partial charge in [0.25, 0.3) is 0 Å². The summed E-state index contributed by atoms with van der Waals surface area (Å²) in [6.45, 7) is -0.102. The lowest BCUT2D eigenvalue weighted by atomic mass is 10.2. The Balaban J connectivity index is 2.17. The highest BCUT2D eigenvalue weighted by molar-refractivity contribution is 7.89. The van der Waals surface area contributed by atoms with Crippen LogP contribution in [0.4, 0.5) is 4.39 Å². The van der Waals surface area contributed by atoms with Gasteiger partial charge in [-0.1, -0.05) is 23.7 Å². The monoisotopic (exact) mass is 343 g/mol. The van der Waals surface area contributed by atoms with E-state index in [4.69, 9.17) is 21.5 Å². The first kappa shape index (κ1) is 16.4. The van der Waals surface area contributed by atoms with E-state index in [1.54, 1.807) is 0 Å².